The van der Waals surface area contributed by atoms with Crippen molar-refractivity contribution in [3.05, 3.63) is 12.2 Å². The van der Waals surface area contributed by atoms with Crippen molar-refractivity contribution in [2.24, 2.45) is 5.16 Å². The van der Waals surface area contributed by atoms with E-state index in [1.807, 2.05) is 13.0 Å². The van der Waals surface area contributed by atoms with E-state index in [2.05, 4.69) is 5.16 Å². The van der Waals surface area contributed by atoms with Crippen LogP contribution < -0.4 is 0 Å². The first-order valence-electron chi connectivity index (χ1n) is 2.12. The van der Waals surface area contributed by atoms with Crippen LogP contribution in [0.5, 0.6) is 0 Å². The van der Waals surface area contributed by atoms with E-state index in [9.17, 15) is 0 Å². The first-order chi connectivity index (χ1) is 3.31. The van der Waals surface area contributed by atoms with Gasteiger partial charge in [0.05, 0.1) is 5.71 Å². The van der Waals surface area contributed by atoms with Crippen molar-refractivity contribution in [3.63, 3.8) is 0 Å². The van der Waals surface area contributed by atoms with Crippen LogP contribution in [0.3, 0.4) is 0 Å². The third-order valence-electron chi connectivity index (χ3n) is 0.566. The van der Waals surface area contributed by atoms with E-state index in [4.69, 9.17) is 5.21 Å². The van der Waals surface area contributed by atoms with E-state index in [0.717, 1.165) is 0 Å². The highest BCUT2D eigenvalue weighted by Crippen LogP contribution is 1.75. The zero-order chi connectivity index (χ0) is 5.70. The monoisotopic (exact) mass is 99.1 g/mol. The van der Waals surface area contributed by atoms with Gasteiger partial charge in [0.25, 0.3) is 0 Å². The fourth-order valence-corrected chi connectivity index (χ4v) is 0.275. The number of hydrogen-bond acceptors (Lipinski definition) is 2. The Morgan fingerprint density at radius 1 is 1.71 bits per heavy atom. The minimum absolute atomic E-state index is 0.627. The SMILES string of the molecule is C/C=C\C(C)=N/O. The first kappa shape index (κ1) is 6.21. The molecule has 0 atom stereocenters. The molecule has 0 amide bonds. The van der Waals surface area contributed by atoms with Crippen molar-refractivity contribution in [2.75, 3.05) is 0 Å². The summed E-state index contributed by atoms with van der Waals surface area (Å²) in [7, 11) is 0. The summed E-state index contributed by atoms with van der Waals surface area (Å²) in [5.74, 6) is 0. The topological polar surface area (TPSA) is 32.6 Å². The molecule has 0 aliphatic carbocycles. The number of allylic oxidation sites excluding steroid dienone is 2. The van der Waals surface area contributed by atoms with Crippen molar-refractivity contribution >= 4 is 5.71 Å². The molecule has 0 aliphatic rings. The maximum absolute atomic E-state index is 8.00. The number of hydrogen-bond donors (Lipinski definition) is 1. The van der Waals surface area contributed by atoms with Crippen molar-refractivity contribution in [3.8, 4) is 0 Å². The van der Waals surface area contributed by atoms with Crippen molar-refractivity contribution < 1.29 is 5.21 Å². The average Bonchev–Trinajstić information content (AvgIpc) is 1.68. The summed E-state index contributed by atoms with van der Waals surface area (Å²) in [6, 6.07) is 0. The fourth-order valence-electron chi connectivity index (χ4n) is 0.275. The third kappa shape index (κ3) is 3.03. The van der Waals surface area contributed by atoms with Crippen LogP contribution in [-0.4, -0.2) is 10.9 Å². The van der Waals surface area contributed by atoms with Gasteiger partial charge in [0.2, 0.25) is 0 Å². The van der Waals surface area contributed by atoms with Gasteiger partial charge >= 0.3 is 0 Å². The quantitative estimate of drug-likeness (QED) is 0.301. The van der Waals surface area contributed by atoms with Gasteiger partial charge in [0, 0.05) is 0 Å². The third-order valence-corrected chi connectivity index (χ3v) is 0.566. The second-order valence-electron chi connectivity index (χ2n) is 1.24. The summed E-state index contributed by atoms with van der Waals surface area (Å²) in [5, 5.41) is 10.9. The maximum atomic E-state index is 8.00. The van der Waals surface area contributed by atoms with Crippen molar-refractivity contribution in [2.45, 2.75) is 13.8 Å². The molecule has 0 fully saturated rings. The summed E-state index contributed by atoms with van der Waals surface area (Å²) in [6.07, 6.45) is 3.54. The summed E-state index contributed by atoms with van der Waals surface area (Å²) in [4.78, 5) is 0. The minimum atomic E-state index is 0.627. The van der Waals surface area contributed by atoms with Gasteiger partial charge < -0.3 is 5.21 Å². The van der Waals surface area contributed by atoms with Crippen molar-refractivity contribution in [1.82, 2.24) is 0 Å². The lowest BCUT2D eigenvalue weighted by molar-refractivity contribution is 0.319. The molecule has 0 unspecified atom stereocenters. The number of nitrogens with zero attached hydrogens (tertiary/aromatic N) is 1. The Morgan fingerprint density at radius 3 is 2.43 bits per heavy atom. The lowest BCUT2D eigenvalue weighted by Crippen LogP contribution is -1.80. The fraction of sp³-hybridized carbons (Fsp3) is 0.400. The van der Waals surface area contributed by atoms with Crippen molar-refractivity contribution in [1.29, 1.82) is 0 Å². The van der Waals surface area contributed by atoms with Crippen LogP contribution in [0.4, 0.5) is 0 Å². The molecule has 7 heavy (non-hydrogen) atoms. The average molecular weight is 99.1 g/mol. The summed E-state index contributed by atoms with van der Waals surface area (Å²) in [6.45, 7) is 3.59. The molecule has 0 bridgehead atoms. The molecule has 0 aromatic carbocycles. The zero-order valence-electron chi connectivity index (χ0n) is 4.55. The second-order valence-corrected chi connectivity index (χ2v) is 1.24. The van der Waals surface area contributed by atoms with Gasteiger partial charge in [-0.25, -0.2) is 0 Å². The van der Waals surface area contributed by atoms with Gasteiger partial charge in [-0.2, -0.15) is 0 Å². The minimum Gasteiger partial charge on any atom is -0.411 e. The Balaban J connectivity index is 3.58. The second kappa shape index (κ2) is 3.40. The molecule has 1 N–H and O–H groups in total. The molecule has 2 nitrogen and oxygen atoms in total. The standard InChI is InChI=1S/C5H9NO/c1-3-4-5(2)6-7/h3-4,7H,1-2H3/b4-3-,6-5-. The summed E-state index contributed by atoms with van der Waals surface area (Å²) >= 11 is 0. The van der Waals surface area contributed by atoms with Crippen LogP contribution in [0.15, 0.2) is 17.3 Å². The first-order valence-corrected chi connectivity index (χ1v) is 2.12. The van der Waals surface area contributed by atoms with E-state index in [1.54, 1.807) is 13.0 Å². The van der Waals surface area contributed by atoms with Gasteiger partial charge in [-0.05, 0) is 19.9 Å². The Morgan fingerprint density at radius 2 is 2.29 bits per heavy atom. The highest BCUT2D eigenvalue weighted by molar-refractivity contribution is 5.92. The molecule has 0 spiro atoms. The van der Waals surface area contributed by atoms with Gasteiger partial charge in [0.1, 0.15) is 0 Å². The van der Waals surface area contributed by atoms with E-state index >= 15 is 0 Å². The molecule has 0 saturated heterocycles. The Labute approximate surface area is 43.2 Å². The molecule has 0 aromatic rings. The van der Waals surface area contributed by atoms with Crippen LogP contribution >= 0.6 is 0 Å². The molecule has 40 valence electrons. The molecule has 0 aromatic heterocycles. The Kier molecular flexibility index (Phi) is 3.02. The van der Waals surface area contributed by atoms with E-state index < -0.39 is 0 Å². The molecular weight excluding hydrogens is 90.1 g/mol. The van der Waals surface area contributed by atoms with Crippen LogP contribution in [0, 0.1) is 0 Å². The molecule has 0 aliphatic heterocycles. The summed E-state index contributed by atoms with van der Waals surface area (Å²) < 4.78 is 0. The number of rotatable bonds is 1. The molecule has 0 saturated carbocycles. The Bertz CT molecular complexity index is 94.3. The molecule has 0 radical (unpaired) electrons. The predicted octanol–water partition coefficient (Wildman–Crippen LogP) is 1.41. The molecule has 0 rings (SSSR count). The van der Waals surface area contributed by atoms with E-state index in [1.165, 1.54) is 0 Å². The van der Waals surface area contributed by atoms with Crippen LogP contribution in [0.1, 0.15) is 13.8 Å². The number of oxime groups is 1. The highest BCUT2D eigenvalue weighted by atomic mass is 16.4. The van der Waals surface area contributed by atoms with Gasteiger partial charge in [-0.15, -0.1) is 0 Å². The smallest absolute Gasteiger partial charge is 0.0761 e. The van der Waals surface area contributed by atoms with Gasteiger partial charge in [-0.3, -0.25) is 0 Å². The molecule has 0 heterocycles. The van der Waals surface area contributed by atoms with Gasteiger partial charge in [-0.1, -0.05) is 11.2 Å². The van der Waals surface area contributed by atoms with Crippen LogP contribution in [0.2, 0.25) is 0 Å². The van der Waals surface area contributed by atoms with Gasteiger partial charge in [0.15, 0.2) is 0 Å². The largest absolute Gasteiger partial charge is 0.411 e. The zero-order valence-corrected chi connectivity index (χ0v) is 4.55. The van der Waals surface area contributed by atoms with Crippen LogP contribution in [-0.2, 0) is 0 Å². The maximum Gasteiger partial charge on any atom is 0.0761 e. The normalized spacial score (nSPS) is 13.1. The molecule has 2 heteroatoms. The predicted molar refractivity (Wildman–Crippen MR) is 29.7 cm³/mol. The summed E-state index contributed by atoms with van der Waals surface area (Å²) in [5.41, 5.74) is 0.627. The van der Waals surface area contributed by atoms with Crippen LogP contribution in [0.25, 0.3) is 0 Å². The van der Waals surface area contributed by atoms with E-state index in [-0.39, 0.29) is 0 Å². The lowest BCUT2D eigenvalue weighted by atomic mass is 10.4. The van der Waals surface area contributed by atoms with E-state index in [0.29, 0.717) is 5.71 Å². The lowest BCUT2D eigenvalue weighted by Gasteiger charge is -1.78. The molecular formula is C5H9NO. The highest BCUT2D eigenvalue weighted by Gasteiger charge is 1.74. The Hall–Kier alpha value is -0.790.